The third kappa shape index (κ3) is 3.85. The van der Waals surface area contributed by atoms with Crippen molar-refractivity contribution in [1.29, 1.82) is 0 Å². The minimum atomic E-state index is -5.33. The zero-order valence-electron chi connectivity index (χ0n) is 22.8. The van der Waals surface area contributed by atoms with Crippen molar-refractivity contribution in [2.24, 2.45) is 0 Å². The molecule has 4 heterocycles. The smallest absolute Gasteiger partial charge is 0.268 e. The number of hydrogen-bond donors (Lipinski definition) is 0. The number of hydrogen-bond acceptors (Lipinski definition) is 4. The Labute approximate surface area is 253 Å². The fraction of sp³-hybridized carbons (Fsp3) is 0.133. The topological polar surface area (TPSA) is 68.7 Å². The van der Waals surface area contributed by atoms with Crippen molar-refractivity contribution in [2.45, 2.75) is 24.7 Å². The highest BCUT2D eigenvalue weighted by Crippen LogP contribution is 2.44. The zero-order valence-corrected chi connectivity index (χ0v) is 22.8. The van der Waals surface area contributed by atoms with Gasteiger partial charge in [-0.3, -0.25) is 18.4 Å². The first-order valence-corrected chi connectivity index (χ1v) is 13.3. The number of fused-ring (bicyclic) bond motifs is 8. The van der Waals surface area contributed by atoms with Gasteiger partial charge in [0.1, 0.15) is 22.3 Å². The van der Waals surface area contributed by atoms with Gasteiger partial charge < -0.3 is 0 Å². The summed E-state index contributed by atoms with van der Waals surface area (Å²) in [6.45, 7) is 0. The number of rotatable bonds is 0. The molecule has 4 aromatic carbocycles. The molecule has 0 saturated heterocycles. The van der Waals surface area contributed by atoms with Gasteiger partial charge in [-0.05, 0) is 48.5 Å². The molecule has 48 heavy (non-hydrogen) atoms. The van der Waals surface area contributed by atoms with Gasteiger partial charge in [0, 0.05) is 32.3 Å². The van der Waals surface area contributed by atoms with Crippen LogP contribution in [0.3, 0.4) is 0 Å². The Kier molecular flexibility index (Phi) is 5.44. The summed E-state index contributed by atoms with van der Waals surface area (Å²) < 4.78 is 167. The standard InChI is InChI=1S/C30H8F12N4O2/c31-27(32,33)9-5-15(29(37,38)39)21-17(7-9)45-23(43-21)11-1-2-12-20-14(4-3-13(19(11)20)25(45)47)26(48)46-18-8-10(28(34,35)36)6-16(30(40,41)42)22(18)44-24(12)46/h1-8H. The van der Waals surface area contributed by atoms with E-state index in [1.165, 1.54) is 12.1 Å². The Morgan fingerprint density at radius 1 is 0.458 bits per heavy atom. The van der Waals surface area contributed by atoms with Crippen LogP contribution < -0.4 is 11.1 Å². The van der Waals surface area contributed by atoms with Gasteiger partial charge in [0.2, 0.25) is 0 Å². The largest absolute Gasteiger partial charge is 0.418 e. The fourth-order valence-electron chi connectivity index (χ4n) is 6.35. The Hall–Kier alpha value is -5.42. The summed E-state index contributed by atoms with van der Waals surface area (Å²) in [5, 5.41) is -1.10. The van der Waals surface area contributed by atoms with Gasteiger partial charge in [-0.15, -0.1) is 0 Å². The first-order chi connectivity index (χ1) is 22.2. The molecule has 0 spiro atoms. The SMILES string of the molecule is O=c1c2ccc3c(=O)n4c5cc(C(F)(F)F)cc(C(F)(F)F)c5nc4c4ccc(c2c34)c2nc3c(C(F)(F)F)cc(C(F)(F)F)cc3n12. The molecule has 0 fully saturated rings. The van der Waals surface area contributed by atoms with Gasteiger partial charge in [0.05, 0.1) is 33.3 Å². The van der Waals surface area contributed by atoms with E-state index in [1.807, 2.05) is 0 Å². The van der Waals surface area contributed by atoms with Crippen molar-refractivity contribution in [3.63, 3.8) is 0 Å². The van der Waals surface area contributed by atoms with E-state index in [-0.39, 0.29) is 44.5 Å². The maximum absolute atomic E-state index is 14.0. The van der Waals surface area contributed by atoms with Gasteiger partial charge in [0.15, 0.2) is 0 Å². The van der Waals surface area contributed by atoms with Crippen LogP contribution in [0.25, 0.3) is 65.7 Å². The van der Waals surface area contributed by atoms with Crippen LogP contribution in [0.15, 0.2) is 58.1 Å². The molecule has 4 aromatic heterocycles. The van der Waals surface area contributed by atoms with Crippen LogP contribution in [0, 0.1) is 0 Å². The molecule has 0 saturated carbocycles. The molecule has 0 atom stereocenters. The van der Waals surface area contributed by atoms with Crippen molar-refractivity contribution >= 4 is 65.7 Å². The number of aromatic nitrogens is 4. The minimum Gasteiger partial charge on any atom is -0.268 e. The van der Waals surface area contributed by atoms with E-state index < -0.39 is 91.4 Å². The van der Waals surface area contributed by atoms with Crippen LogP contribution >= 0.6 is 0 Å². The first kappa shape index (κ1) is 29.9. The predicted octanol–water partition coefficient (Wildman–Crippen LogP) is 8.42. The van der Waals surface area contributed by atoms with E-state index in [9.17, 15) is 62.3 Å². The number of imidazole rings is 2. The van der Waals surface area contributed by atoms with E-state index in [4.69, 9.17) is 0 Å². The lowest BCUT2D eigenvalue weighted by molar-refractivity contribution is -0.143. The van der Waals surface area contributed by atoms with Crippen molar-refractivity contribution in [3.8, 4) is 0 Å². The molecule has 6 nitrogen and oxygen atoms in total. The lowest BCUT2D eigenvalue weighted by Gasteiger charge is -2.13. The summed E-state index contributed by atoms with van der Waals surface area (Å²) in [6, 6.07) is 4.79. The molecular weight excluding hydrogens is 676 g/mol. The monoisotopic (exact) mass is 684 g/mol. The molecule has 0 radical (unpaired) electrons. The highest BCUT2D eigenvalue weighted by Gasteiger charge is 2.41. The average molecular weight is 684 g/mol. The highest BCUT2D eigenvalue weighted by molar-refractivity contribution is 6.28. The van der Waals surface area contributed by atoms with Gasteiger partial charge >= 0.3 is 24.7 Å². The molecule has 0 aliphatic heterocycles. The Balaban J connectivity index is 1.58. The summed E-state index contributed by atoms with van der Waals surface area (Å²) in [5.41, 5.74) is -13.8. The number of nitrogens with zero attached hydrogens (tertiary/aromatic N) is 4. The molecule has 18 heteroatoms. The molecule has 8 rings (SSSR count). The predicted molar refractivity (Wildman–Crippen MR) is 146 cm³/mol. The Morgan fingerprint density at radius 2 is 0.792 bits per heavy atom. The van der Waals surface area contributed by atoms with Crippen molar-refractivity contribution in [2.75, 3.05) is 0 Å². The second-order valence-corrected chi connectivity index (χ2v) is 11.0. The molecule has 0 amide bonds. The van der Waals surface area contributed by atoms with E-state index in [0.29, 0.717) is 20.9 Å². The van der Waals surface area contributed by atoms with Crippen LogP contribution in [0.2, 0.25) is 0 Å². The number of pyridine rings is 2. The highest BCUT2D eigenvalue weighted by atomic mass is 19.4. The third-order valence-corrected chi connectivity index (χ3v) is 8.30. The molecular formula is C30H8F12N4O2. The lowest BCUT2D eigenvalue weighted by atomic mass is 9.96. The lowest BCUT2D eigenvalue weighted by Crippen LogP contribution is -2.17. The van der Waals surface area contributed by atoms with Gasteiger partial charge in [0.25, 0.3) is 11.1 Å². The summed E-state index contributed by atoms with van der Waals surface area (Å²) in [7, 11) is 0. The molecule has 0 unspecified atom stereocenters. The maximum Gasteiger partial charge on any atom is 0.418 e. The summed E-state index contributed by atoms with van der Waals surface area (Å²) >= 11 is 0. The number of alkyl halides is 12. The molecule has 0 N–H and O–H groups in total. The maximum atomic E-state index is 14.0. The molecule has 8 aromatic rings. The van der Waals surface area contributed by atoms with E-state index >= 15 is 0 Å². The van der Waals surface area contributed by atoms with Gasteiger partial charge in [-0.1, -0.05) is 0 Å². The van der Waals surface area contributed by atoms with Crippen LogP contribution in [0.5, 0.6) is 0 Å². The van der Waals surface area contributed by atoms with Crippen LogP contribution in [0.1, 0.15) is 22.3 Å². The summed E-state index contributed by atoms with van der Waals surface area (Å²) in [5.74, 6) is 0. The minimum absolute atomic E-state index is 0.115. The quantitative estimate of drug-likeness (QED) is 0.119. The average Bonchev–Trinajstić information content (AvgIpc) is 3.55. The van der Waals surface area contributed by atoms with Gasteiger partial charge in [-0.2, -0.15) is 52.7 Å². The second kappa shape index (κ2) is 8.73. The van der Waals surface area contributed by atoms with E-state index in [2.05, 4.69) is 9.97 Å². The van der Waals surface area contributed by atoms with Crippen molar-refractivity contribution in [3.05, 3.63) is 91.5 Å². The molecule has 0 bridgehead atoms. The number of halogens is 12. The van der Waals surface area contributed by atoms with Crippen LogP contribution in [-0.4, -0.2) is 18.8 Å². The van der Waals surface area contributed by atoms with Crippen molar-refractivity contribution in [1.82, 2.24) is 18.8 Å². The molecule has 244 valence electrons. The second-order valence-electron chi connectivity index (χ2n) is 11.0. The van der Waals surface area contributed by atoms with E-state index in [0.717, 1.165) is 12.1 Å². The van der Waals surface area contributed by atoms with E-state index in [1.54, 1.807) is 0 Å². The summed E-state index contributed by atoms with van der Waals surface area (Å²) in [4.78, 5) is 35.4. The number of benzene rings is 4. The Bertz CT molecular complexity index is 2630. The fourth-order valence-corrected chi connectivity index (χ4v) is 6.35. The normalized spacial score (nSPS) is 14.0. The molecule has 0 aliphatic carbocycles. The van der Waals surface area contributed by atoms with Gasteiger partial charge in [-0.25, -0.2) is 9.97 Å². The van der Waals surface area contributed by atoms with Crippen LogP contribution in [0.4, 0.5) is 52.7 Å². The Morgan fingerprint density at radius 3 is 1.10 bits per heavy atom. The first-order valence-electron chi connectivity index (χ1n) is 13.3. The van der Waals surface area contributed by atoms with Crippen LogP contribution in [-0.2, 0) is 24.7 Å². The van der Waals surface area contributed by atoms with Crippen molar-refractivity contribution < 1.29 is 52.7 Å². The summed E-state index contributed by atoms with van der Waals surface area (Å²) in [6.07, 6.45) is -21.2. The third-order valence-electron chi connectivity index (χ3n) is 8.30. The zero-order chi connectivity index (χ0) is 34.6. The molecule has 0 aliphatic rings.